The van der Waals surface area contributed by atoms with Crippen LogP contribution in [-0.2, 0) is 0 Å². The topological polar surface area (TPSA) is 108 Å². The quantitative estimate of drug-likeness (QED) is 0.424. The Morgan fingerprint density at radius 1 is 1.13 bits per heavy atom. The van der Waals surface area contributed by atoms with Crippen molar-refractivity contribution in [2.24, 2.45) is 0 Å². The Bertz CT molecular complexity index is 1240. The van der Waals surface area contributed by atoms with E-state index in [2.05, 4.69) is 35.8 Å². The summed E-state index contributed by atoms with van der Waals surface area (Å²) < 4.78 is 25.7. The first kappa shape index (κ1) is 20.3. The van der Waals surface area contributed by atoms with E-state index in [0.29, 0.717) is 22.7 Å². The van der Waals surface area contributed by atoms with Crippen molar-refractivity contribution in [2.45, 2.75) is 26.3 Å². The molecule has 0 aliphatic heterocycles. The normalized spacial score (nSPS) is 12.2. The molecule has 0 unspecified atom stereocenters. The molecule has 3 N–H and O–H groups in total. The highest BCUT2D eigenvalue weighted by Gasteiger charge is 2.14. The van der Waals surface area contributed by atoms with Gasteiger partial charge < -0.3 is 10.6 Å². The number of carbonyl (C=O) groups is 1. The van der Waals surface area contributed by atoms with Crippen LogP contribution in [0, 0.1) is 6.92 Å². The molecular formula is C21H19F2N7O. The summed E-state index contributed by atoms with van der Waals surface area (Å²) in [4.78, 5) is 25.0. The number of amides is 1. The van der Waals surface area contributed by atoms with E-state index in [9.17, 15) is 13.6 Å². The van der Waals surface area contributed by atoms with Gasteiger partial charge >= 0.3 is 0 Å². The lowest BCUT2D eigenvalue weighted by Gasteiger charge is -2.16. The number of halogens is 2. The van der Waals surface area contributed by atoms with Crippen molar-refractivity contribution in [1.29, 1.82) is 0 Å². The number of aryl methyl sites for hydroxylation is 1. The summed E-state index contributed by atoms with van der Waals surface area (Å²) in [5.41, 5.74) is 3.25. The molecule has 3 heterocycles. The molecule has 0 aliphatic rings. The number of carbonyl (C=O) groups excluding carboxylic acids is 1. The first-order valence-electron chi connectivity index (χ1n) is 9.49. The third-order valence-corrected chi connectivity index (χ3v) is 4.72. The number of anilines is 2. The Morgan fingerprint density at radius 3 is 2.77 bits per heavy atom. The van der Waals surface area contributed by atoms with Crippen molar-refractivity contribution in [3.8, 4) is 0 Å². The molecule has 0 radical (unpaired) electrons. The fourth-order valence-corrected chi connectivity index (χ4v) is 3.07. The number of aromatic amines is 1. The van der Waals surface area contributed by atoms with Gasteiger partial charge in [-0.15, -0.1) is 0 Å². The summed E-state index contributed by atoms with van der Waals surface area (Å²) in [5.74, 6) is 0.0772. The van der Waals surface area contributed by atoms with Crippen LogP contribution < -0.4 is 10.6 Å². The number of H-pyrrole nitrogens is 1. The Labute approximate surface area is 176 Å². The SMILES string of the molecule is Cc1[nH]nc2ncc(N[C@@H](C)c3cccc(NC(=O)c4cncc(C(F)F)c4)c3)nc12. The van der Waals surface area contributed by atoms with Crippen molar-refractivity contribution < 1.29 is 13.6 Å². The Kier molecular flexibility index (Phi) is 5.52. The number of nitrogens with zero attached hydrogens (tertiary/aromatic N) is 4. The van der Waals surface area contributed by atoms with Crippen LogP contribution in [-0.4, -0.2) is 31.1 Å². The van der Waals surface area contributed by atoms with E-state index in [1.807, 2.05) is 19.9 Å². The summed E-state index contributed by atoms with van der Waals surface area (Å²) in [6.07, 6.45) is 1.21. The van der Waals surface area contributed by atoms with Crippen molar-refractivity contribution in [2.75, 3.05) is 10.6 Å². The average Bonchev–Trinajstić information content (AvgIpc) is 3.14. The van der Waals surface area contributed by atoms with Gasteiger partial charge in [-0.2, -0.15) is 5.10 Å². The zero-order valence-electron chi connectivity index (χ0n) is 16.7. The minimum atomic E-state index is -2.69. The number of pyridine rings is 1. The van der Waals surface area contributed by atoms with E-state index in [4.69, 9.17) is 0 Å². The van der Waals surface area contributed by atoms with Gasteiger partial charge in [-0.05, 0) is 37.6 Å². The third kappa shape index (κ3) is 4.47. The van der Waals surface area contributed by atoms with Crippen molar-refractivity contribution in [1.82, 2.24) is 25.1 Å². The molecule has 31 heavy (non-hydrogen) atoms. The minimum Gasteiger partial charge on any atom is -0.362 e. The second-order valence-corrected chi connectivity index (χ2v) is 7.03. The van der Waals surface area contributed by atoms with Crippen molar-refractivity contribution in [3.63, 3.8) is 0 Å². The Hall–Kier alpha value is -3.95. The molecule has 3 aromatic heterocycles. The molecule has 0 bridgehead atoms. The highest BCUT2D eigenvalue weighted by Crippen LogP contribution is 2.23. The fraction of sp³-hybridized carbons (Fsp3) is 0.190. The molecule has 0 aliphatic carbocycles. The Morgan fingerprint density at radius 2 is 1.97 bits per heavy atom. The van der Waals surface area contributed by atoms with Gasteiger partial charge in [0.2, 0.25) is 0 Å². The van der Waals surface area contributed by atoms with Crippen LogP contribution in [0.2, 0.25) is 0 Å². The molecule has 0 saturated heterocycles. The first-order chi connectivity index (χ1) is 14.9. The predicted octanol–water partition coefficient (Wildman–Crippen LogP) is 4.42. The third-order valence-electron chi connectivity index (χ3n) is 4.72. The number of alkyl halides is 2. The monoisotopic (exact) mass is 423 g/mol. The smallest absolute Gasteiger partial charge is 0.265 e. The summed E-state index contributed by atoms with van der Waals surface area (Å²) >= 11 is 0. The van der Waals surface area contributed by atoms with Crippen LogP contribution in [0.1, 0.15) is 46.6 Å². The molecule has 158 valence electrons. The maximum atomic E-state index is 12.9. The van der Waals surface area contributed by atoms with E-state index in [-0.39, 0.29) is 17.2 Å². The molecule has 0 fully saturated rings. The number of rotatable bonds is 6. The van der Waals surface area contributed by atoms with Gasteiger partial charge in [0.05, 0.1) is 23.5 Å². The second kappa shape index (κ2) is 8.42. The molecule has 4 aromatic rings. The zero-order valence-corrected chi connectivity index (χ0v) is 16.7. The van der Waals surface area contributed by atoms with E-state index in [0.717, 1.165) is 23.5 Å². The summed E-state index contributed by atoms with van der Waals surface area (Å²) in [6, 6.07) is 8.22. The molecule has 1 aromatic carbocycles. The van der Waals surface area contributed by atoms with Gasteiger partial charge in [-0.1, -0.05) is 12.1 Å². The average molecular weight is 423 g/mol. The predicted molar refractivity (Wildman–Crippen MR) is 112 cm³/mol. The molecular weight excluding hydrogens is 404 g/mol. The number of nitrogens with one attached hydrogen (secondary N) is 3. The molecule has 8 nitrogen and oxygen atoms in total. The van der Waals surface area contributed by atoms with Gasteiger partial charge in [0.15, 0.2) is 5.65 Å². The maximum absolute atomic E-state index is 12.9. The standard InChI is InChI=1S/C21H19F2N7O/c1-11(26-17-10-25-20-18(28-17)12(2)29-30-20)13-4-3-5-16(7-13)27-21(31)15-6-14(19(22)23)8-24-9-15/h3-11,19H,1-2H3,(H,26,28)(H,27,31)(H,25,29,30)/t11-/m0/s1. The molecule has 0 saturated carbocycles. The summed E-state index contributed by atoms with van der Waals surface area (Å²) in [5, 5.41) is 12.9. The summed E-state index contributed by atoms with van der Waals surface area (Å²) in [7, 11) is 0. The maximum Gasteiger partial charge on any atom is 0.265 e. The van der Waals surface area contributed by atoms with Crippen molar-refractivity contribution in [3.05, 3.63) is 71.3 Å². The van der Waals surface area contributed by atoms with E-state index < -0.39 is 12.3 Å². The molecule has 1 amide bonds. The largest absolute Gasteiger partial charge is 0.362 e. The number of fused-ring (bicyclic) bond motifs is 1. The number of aromatic nitrogens is 5. The van der Waals surface area contributed by atoms with Crippen LogP contribution >= 0.6 is 0 Å². The molecule has 4 rings (SSSR count). The van der Waals surface area contributed by atoms with Crippen molar-refractivity contribution >= 4 is 28.6 Å². The van der Waals surface area contributed by atoms with Gasteiger partial charge in [0.1, 0.15) is 11.3 Å². The lowest BCUT2D eigenvalue weighted by Crippen LogP contribution is -2.14. The number of benzene rings is 1. The lowest BCUT2D eigenvalue weighted by atomic mass is 10.1. The molecule has 10 heteroatoms. The summed E-state index contributed by atoms with van der Waals surface area (Å²) in [6.45, 7) is 3.82. The highest BCUT2D eigenvalue weighted by atomic mass is 19.3. The van der Waals surface area contributed by atoms with Crippen LogP contribution in [0.4, 0.5) is 20.3 Å². The van der Waals surface area contributed by atoms with Crippen LogP contribution in [0.25, 0.3) is 11.2 Å². The zero-order chi connectivity index (χ0) is 22.0. The Balaban J connectivity index is 1.48. The lowest BCUT2D eigenvalue weighted by molar-refractivity contribution is 0.102. The fourth-order valence-electron chi connectivity index (χ4n) is 3.07. The molecule has 0 spiro atoms. The molecule has 1 atom stereocenters. The number of hydrogen-bond donors (Lipinski definition) is 3. The first-order valence-corrected chi connectivity index (χ1v) is 9.49. The van der Waals surface area contributed by atoms with E-state index in [1.165, 1.54) is 6.20 Å². The second-order valence-electron chi connectivity index (χ2n) is 7.03. The van der Waals surface area contributed by atoms with Crippen LogP contribution in [0.5, 0.6) is 0 Å². The van der Waals surface area contributed by atoms with Gasteiger partial charge in [-0.25, -0.2) is 18.7 Å². The highest BCUT2D eigenvalue weighted by molar-refractivity contribution is 6.04. The van der Waals surface area contributed by atoms with E-state index >= 15 is 0 Å². The van der Waals surface area contributed by atoms with Gasteiger partial charge in [0.25, 0.3) is 12.3 Å². The minimum absolute atomic E-state index is 0.0634. The van der Waals surface area contributed by atoms with E-state index in [1.54, 1.807) is 24.4 Å². The van der Waals surface area contributed by atoms with Gasteiger partial charge in [-0.3, -0.25) is 14.9 Å². The van der Waals surface area contributed by atoms with Crippen LogP contribution in [0.3, 0.4) is 0 Å². The van der Waals surface area contributed by atoms with Gasteiger partial charge in [0, 0.05) is 23.6 Å². The number of hydrogen-bond acceptors (Lipinski definition) is 6. The van der Waals surface area contributed by atoms with Crippen LogP contribution in [0.15, 0.2) is 48.9 Å².